The third-order valence-electron chi connectivity index (χ3n) is 0.430. The molecule has 0 aliphatic rings. The van der Waals surface area contributed by atoms with Gasteiger partial charge in [-0.3, -0.25) is 4.79 Å². The number of carboxylic acid groups (broad SMARTS) is 1. The van der Waals surface area contributed by atoms with Crippen LogP contribution >= 0.6 is 0 Å². The van der Waals surface area contributed by atoms with Crippen LogP contribution in [0.4, 0.5) is 0 Å². The van der Waals surface area contributed by atoms with Crippen molar-refractivity contribution in [1.29, 1.82) is 0 Å². The first-order chi connectivity index (χ1) is 4.56. The van der Waals surface area contributed by atoms with E-state index in [0.29, 0.717) is 6.54 Å². The van der Waals surface area contributed by atoms with E-state index in [0.717, 1.165) is 6.92 Å². The van der Waals surface area contributed by atoms with Crippen molar-refractivity contribution >= 4 is 11.8 Å². The Labute approximate surface area is 58.5 Å². The maximum atomic E-state index is 9.54. The lowest BCUT2D eigenvalue weighted by atomic mass is 10.5. The van der Waals surface area contributed by atoms with Crippen molar-refractivity contribution in [2.45, 2.75) is 6.92 Å². The van der Waals surface area contributed by atoms with Crippen molar-refractivity contribution in [2.75, 3.05) is 13.2 Å². The topological polar surface area (TPSA) is 101 Å². The van der Waals surface area contributed by atoms with E-state index in [9.17, 15) is 9.59 Å². The first-order valence-corrected chi connectivity index (χ1v) is 2.61. The van der Waals surface area contributed by atoms with E-state index in [4.69, 9.17) is 15.9 Å². The first-order valence-electron chi connectivity index (χ1n) is 2.61. The Hall–Kier alpha value is -0.940. The number of hydrogen-bond donors (Lipinski definition) is 3. The van der Waals surface area contributed by atoms with Gasteiger partial charge in [-0.1, -0.05) is 0 Å². The molecule has 4 N–H and O–H groups in total. The van der Waals surface area contributed by atoms with Gasteiger partial charge in [0.1, 0.15) is 0 Å². The highest BCUT2D eigenvalue weighted by molar-refractivity contribution is 6.31. The van der Waals surface area contributed by atoms with Crippen LogP contribution in [0.25, 0.3) is 0 Å². The van der Waals surface area contributed by atoms with Crippen molar-refractivity contribution in [3.05, 3.63) is 0 Å². The molecule has 0 unspecified atom stereocenters. The summed E-state index contributed by atoms with van der Waals surface area (Å²) in [5.41, 5.74) is 4.78. The molecule has 0 radical (unpaired) electrons. The van der Waals surface area contributed by atoms with E-state index < -0.39 is 11.8 Å². The monoisotopic (exact) mass is 149 g/mol. The standard InChI is InChI=1S/C3H4O3.C2H7NO/c1-2(4)3(5)6;3-1-2-4/h1H3,(H,5,6);4H,1-3H2. The Kier molecular flexibility index (Phi) is 9.52. The summed E-state index contributed by atoms with van der Waals surface area (Å²) in [6.45, 7) is 1.47. The number of nitrogens with two attached hydrogens (primary N) is 1. The van der Waals surface area contributed by atoms with Gasteiger partial charge in [-0.15, -0.1) is 0 Å². The maximum Gasteiger partial charge on any atom is 0.371 e. The number of carboxylic acids is 1. The lowest BCUT2D eigenvalue weighted by Gasteiger charge is -1.73. The minimum Gasteiger partial charge on any atom is -0.476 e. The first kappa shape index (κ1) is 11.8. The summed E-state index contributed by atoms with van der Waals surface area (Å²) < 4.78 is 0. The Bertz CT molecular complexity index is 98.2. The average molecular weight is 149 g/mol. The molecule has 0 spiro atoms. The Morgan fingerprint density at radius 3 is 1.70 bits per heavy atom. The fraction of sp³-hybridized carbons (Fsp3) is 0.600. The van der Waals surface area contributed by atoms with Gasteiger partial charge < -0.3 is 15.9 Å². The lowest BCUT2D eigenvalue weighted by Crippen LogP contribution is -2.05. The predicted octanol–water partition coefficient (Wildman–Crippen LogP) is -1.40. The SMILES string of the molecule is CC(=O)C(=O)O.NCCO. The summed E-state index contributed by atoms with van der Waals surface area (Å²) in [4.78, 5) is 18.9. The highest BCUT2D eigenvalue weighted by Crippen LogP contribution is 1.61. The van der Waals surface area contributed by atoms with Gasteiger partial charge in [-0.05, 0) is 0 Å². The third kappa shape index (κ3) is 15.7. The molecule has 0 aromatic rings. The number of Topliss-reactive ketones (excluding diaryl/α,β-unsaturated/α-hetero) is 1. The fourth-order valence-electron chi connectivity index (χ4n) is 0. The molecule has 5 heteroatoms. The van der Waals surface area contributed by atoms with Gasteiger partial charge >= 0.3 is 5.97 Å². The molecule has 60 valence electrons. The van der Waals surface area contributed by atoms with Crippen molar-refractivity contribution < 1.29 is 19.8 Å². The van der Waals surface area contributed by atoms with E-state index in [2.05, 4.69) is 0 Å². The predicted molar refractivity (Wildman–Crippen MR) is 34.5 cm³/mol. The molecule has 0 saturated heterocycles. The summed E-state index contributed by atoms with van der Waals surface area (Å²) in [5.74, 6) is -2.20. The van der Waals surface area contributed by atoms with Crippen molar-refractivity contribution in [3.63, 3.8) is 0 Å². The Morgan fingerprint density at radius 1 is 1.50 bits per heavy atom. The van der Waals surface area contributed by atoms with Crippen molar-refractivity contribution in [2.24, 2.45) is 5.73 Å². The van der Waals surface area contributed by atoms with Gasteiger partial charge in [0, 0.05) is 13.5 Å². The largest absolute Gasteiger partial charge is 0.476 e. The second-order valence-corrected chi connectivity index (χ2v) is 1.37. The van der Waals surface area contributed by atoms with Crippen LogP contribution in [0.5, 0.6) is 0 Å². The van der Waals surface area contributed by atoms with Crippen molar-refractivity contribution in [3.8, 4) is 0 Å². The van der Waals surface area contributed by atoms with E-state index >= 15 is 0 Å². The quantitative estimate of drug-likeness (QED) is 0.419. The minimum absolute atomic E-state index is 0.0972. The zero-order valence-corrected chi connectivity index (χ0v) is 5.70. The highest BCUT2D eigenvalue weighted by Gasteiger charge is 1.98. The molecule has 0 aliphatic heterocycles. The van der Waals surface area contributed by atoms with Crippen LogP contribution < -0.4 is 5.73 Å². The van der Waals surface area contributed by atoms with E-state index in [1.165, 1.54) is 0 Å². The number of aliphatic carboxylic acids is 1. The molecule has 0 heterocycles. The number of aliphatic hydroxyl groups excluding tert-OH is 1. The molecular formula is C5H11NO4. The number of carbonyl (C=O) groups excluding carboxylic acids is 1. The molecule has 0 fully saturated rings. The number of carbonyl (C=O) groups is 2. The highest BCUT2D eigenvalue weighted by atomic mass is 16.4. The summed E-state index contributed by atoms with van der Waals surface area (Å²) >= 11 is 0. The van der Waals surface area contributed by atoms with Crippen LogP contribution in [-0.2, 0) is 9.59 Å². The number of rotatable bonds is 2. The van der Waals surface area contributed by atoms with E-state index in [1.54, 1.807) is 0 Å². The summed E-state index contributed by atoms with van der Waals surface area (Å²) in [6.07, 6.45) is 0. The summed E-state index contributed by atoms with van der Waals surface area (Å²) in [5, 5.41) is 15.4. The molecule has 0 saturated carbocycles. The fourth-order valence-corrected chi connectivity index (χ4v) is 0. The molecule has 0 aromatic heterocycles. The smallest absolute Gasteiger partial charge is 0.371 e. The second-order valence-electron chi connectivity index (χ2n) is 1.37. The number of ketones is 1. The van der Waals surface area contributed by atoms with Gasteiger partial charge in [-0.2, -0.15) is 0 Å². The normalized spacial score (nSPS) is 7.50. The summed E-state index contributed by atoms with van der Waals surface area (Å²) in [6, 6.07) is 0. The number of aliphatic hydroxyl groups is 1. The van der Waals surface area contributed by atoms with Crippen LogP contribution in [0.1, 0.15) is 6.92 Å². The maximum absolute atomic E-state index is 9.54. The van der Waals surface area contributed by atoms with Crippen LogP contribution in [0, 0.1) is 0 Å². The minimum atomic E-state index is -1.38. The van der Waals surface area contributed by atoms with Crippen LogP contribution in [0.3, 0.4) is 0 Å². The second kappa shape index (κ2) is 8.06. The van der Waals surface area contributed by atoms with Crippen LogP contribution in [0.15, 0.2) is 0 Å². The number of hydrogen-bond acceptors (Lipinski definition) is 4. The summed E-state index contributed by atoms with van der Waals surface area (Å²) in [7, 11) is 0. The lowest BCUT2D eigenvalue weighted by molar-refractivity contribution is -0.148. The van der Waals surface area contributed by atoms with Gasteiger partial charge in [0.25, 0.3) is 0 Å². The Balaban J connectivity index is 0. The Morgan fingerprint density at radius 2 is 1.70 bits per heavy atom. The molecular weight excluding hydrogens is 138 g/mol. The van der Waals surface area contributed by atoms with Gasteiger partial charge in [-0.25, -0.2) is 4.79 Å². The molecule has 0 bridgehead atoms. The van der Waals surface area contributed by atoms with Gasteiger partial charge in [0.15, 0.2) is 0 Å². The molecule has 0 rings (SSSR count). The zero-order valence-electron chi connectivity index (χ0n) is 5.70. The van der Waals surface area contributed by atoms with E-state index in [1.807, 2.05) is 0 Å². The van der Waals surface area contributed by atoms with Crippen LogP contribution in [0.2, 0.25) is 0 Å². The zero-order chi connectivity index (χ0) is 8.57. The molecule has 0 aromatic carbocycles. The molecule has 0 atom stereocenters. The average Bonchev–Trinajstić information content (AvgIpc) is 1.89. The molecule has 10 heavy (non-hydrogen) atoms. The van der Waals surface area contributed by atoms with Gasteiger partial charge in [0.05, 0.1) is 6.61 Å². The molecule has 5 nitrogen and oxygen atoms in total. The molecule has 0 amide bonds. The molecule has 0 aliphatic carbocycles. The van der Waals surface area contributed by atoms with Crippen LogP contribution in [-0.4, -0.2) is 35.1 Å². The van der Waals surface area contributed by atoms with Gasteiger partial charge in [0.2, 0.25) is 5.78 Å². The van der Waals surface area contributed by atoms with Crippen molar-refractivity contribution in [1.82, 2.24) is 0 Å². The third-order valence-corrected chi connectivity index (χ3v) is 0.430. The van der Waals surface area contributed by atoms with E-state index in [-0.39, 0.29) is 6.61 Å².